The van der Waals surface area contributed by atoms with Crippen molar-refractivity contribution in [3.05, 3.63) is 34.5 Å². The molecule has 1 fully saturated rings. The largest absolute Gasteiger partial charge is 0.451 e. The Morgan fingerprint density at radius 2 is 1.92 bits per heavy atom. The Labute approximate surface area is 152 Å². The van der Waals surface area contributed by atoms with Gasteiger partial charge in [0.05, 0.1) is 5.75 Å². The lowest BCUT2D eigenvalue weighted by molar-refractivity contribution is 0.0614. The summed E-state index contributed by atoms with van der Waals surface area (Å²) in [6, 6.07) is 5.31. The molecule has 0 atom stereocenters. The van der Waals surface area contributed by atoms with E-state index in [9.17, 15) is 13.2 Å². The van der Waals surface area contributed by atoms with Crippen molar-refractivity contribution >= 4 is 38.3 Å². The lowest BCUT2D eigenvalue weighted by Crippen LogP contribution is -2.49. The third-order valence-electron chi connectivity index (χ3n) is 4.53. The van der Waals surface area contributed by atoms with Gasteiger partial charge < -0.3 is 9.32 Å². The number of fused-ring (bicyclic) bond motifs is 1. The van der Waals surface area contributed by atoms with Gasteiger partial charge >= 0.3 is 0 Å². The molecule has 1 aliphatic heterocycles. The average Bonchev–Trinajstić information content (AvgIpc) is 2.89. The molecule has 2 heterocycles. The van der Waals surface area contributed by atoms with E-state index in [0.29, 0.717) is 49.1 Å². The van der Waals surface area contributed by atoms with Crippen molar-refractivity contribution in [1.29, 1.82) is 0 Å². The van der Waals surface area contributed by atoms with E-state index < -0.39 is 9.84 Å². The summed E-state index contributed by atoms with van der Waals surface area (Å²) < 4.78 is 28.3. The molecule has 1 amide bonds. The number of hydrogen-bond acceptors (Lipinski definition) is 5. The summed E-state index contributed by atoms with van der Waals surface area (Å²) in [7, 11) is -2.97. The maximum absolute atomic E-state index is 12.8. The zero-order valence-electron chi connectivity index (χ0n) is 14.3. The first kappa shape index (κ1) is 18.2. The first-order valence-corrected chi connectivity index (χ1v) is 10.6. The SMILES string of the molecule is Cc1c(C(=O)N2CCN(CCS(C)(=O)=O)CC2)oc2ccc(Cl)cc12. The quantitative estimate of drug-likeness (QED) is 0.808. The van der Waals surface area contributed by atoms with E-state index >= 15 is 0 Å². The number of furan rings is 1. The Morgan fingerprint density at radius 1 is 1.24 bits per heavy atom. The van der Waals surface area contributed by atoms with Crippen LogP contribution in [0.25, 0.3) is 11.0 Å². The first-order chi connectivity index (χ1) is 11.7. The minimum absolute atomic E-state index is 0.132. The van der Waals surface area contributed by atoms with Gasteiger partial charge in [-0.2, -0.15) is 0 Å². The molecule has 6 nitrogen and oxygen atoms in total. The van der Waals surface area contributed by atoms with Crippen molar-refractivity contribution in [2.45, 2.75) is 6.92 Å². The standard InChI is InChI=1S/C17H21ClN2O4S/c1-12-14-11-13(18)3-4-15(14)24-16(12)17(21)20-7-5-19(6-8-20)9-10-25(2,22)23/h3-4,11H,5-10H2,1-2H3. The van der Waals surface area contributed by atoms with Crippen LogP contribution in [0.4, 0.5) is 0 Å². The molecule has 2 aromatic rings. The molecule has 0 aliphatic carbocycles. The summed E-state index contributed by atoms with van der Waals surface area (Å²) in [5.74, 6) is 0.360. The Balaban J connectivity index is 1.68. The van der Waals surface area contributed by atoms with Gasteiger partial charge in [0, 0.05) is 55.0 Å². The number of nitrogens with zero attached hydrogens (tertiary/aromatic N) is 2. The molecule has 0 unspecified atom stereocenters. The van der Waals surface area contributed by atoms with E-state index in [2.05, 4.69) is 4.90 Å². The molecule has 3 rings (SSSR count). The van der Waals surface area contributed by atoms with E-state index in [1.807, 2.05) is 6.92 Å². The second-order valence-corrected chi connectivity index (χ2v) is 9.16. The molecular weight excluding hydrogens is 364 g/mol. The zero-order valence-corrected chi connectivity index (χ0v) is 15.9. The van der Waals surface area contributed by atoms with E-state index in [1.165, 1.54) is 6.26 Å². The van der Waals surface area contributed by atoms with Gasteiger partial charge in [-0.15, -0.1) is 0 Å². The van der Waals surface area contributed by atoms with Crippen molar-refractivity contribution in [2.24, 2.45) is 0 Å². The third-order valence-corrected chi connectivity index (χ3v) is 5.69. The average molecular weight is 385 g/mol. The van der Waals surface area contributed by atoms with E-state index in [0.717, 1.165) is 10.9 Å². The van der Waals surface area contributed by atoms with Crippen LogP contribution in [0.5, 0.6) is 0 Å². The zero-order chi connectivity index (χ0) is 18.2. The smallest absolute Gasteiger partial charge is 0.289 e. The van der Waals surface area contributed by atoms with Crippen molar-refractivity contribution in [3.63, 3.8) is 0 Å². The van der Waals surface area contributed by atoms with Crippen LogP contribution in [0.3, 0.4) is 0 Å². The molecule has 0 spiro atoms. The van der Waals surface area contributed by atoms with Crippen LogP contribution in [0, 0.1) is 6.92 Å². The molecule has 0 N–H and O–H groups in total. The van der Waals surface area contributed by atoms with Crippen LogP contribution in [-0.2, 0) is 9.84 Å². The van der Waals surface area contributed by atoms with Crippen LogP contribution < -0.4 is 0 Å². The number of amides is 1. The van der Waals surface area contributed by atoms with E-state index in [4.69, 9.17) is 16.0 Å². The van der Waals surface area contributed by atoms with Crippen molar-refractivity contribution in [2.75, 3.05) is 44.7 Å². The van der Waals surface area contributed by atoms with Gasteiger partial charge in [0.15, 0.2) is 5.76 Å². The van der Waals surface area contributed by atoms with E-state index in [-0.39, 0.29) is 11.7 Å². The first-order valence-electron chi connectivity index (χ1n) is 8.12. The number of hydrogen-bond donors (Lipinski definition) is 0. The van der Waals surface area contributed by atoms with Gasteiger partial charge in [-0.25, -0.2) is 8.42 Å². The predicted octanol–water partition coefficient (Wildman–Crippen LogP) is 2.20. The topological polar surface area (TPSA) is 70.8 Å². The van der Waals surface area contributed by atoms with Crippen molar-refractivity contribution < 1.29 is 17.6 Å². The van der Waals surface area contributed by atoms with Gasteiger partial charge in [0.1, 0.15) is 15.4 Å². The van der Waals surface area contributed by atoms with Gasteiger partial charge in [-0.3, -0.25) is 9.69 Å². The Bertz CT molecular complexity index is 899. The minimum Gasteiger partial charge on any atom is -0.451 e. The maximum atomic E-state index is 12.8. The molecule has 25 heavy (non-hydrogen) atoms. The van der Waals surface area contributed by atoms with Gasteiger partial charge in [-0.05, 0) is 25.1 Å². The number of rotatable bonds is 4. The summed E-state index contributed by atoms with van der Waals surface area (Å²) >= 11 is 6.02. The normalized spacial score (nSPS) is 16.5. The molecule has 8 heteroatoms. The summed E-state index contributed by atoms with van der Waals surface area (Å²) in [6.45, 7) is 4.79. The highest BCUT2D eigenvalue weighted by Gasteiger charge is 2.26. The van der Waals surface area contributed by atoms with Crippen molar-refractivity contribution in [1.82, 2.24) is 9.80 Å². The summed E-state index contributed by atoms with van der Waals surface area (Å²) in [5.41, 5.74) is 1.44. The molecule has 0 saturated carbocycles. The molecule has 1 aliphatic rings. The number of benzene rings is 1. The summed E-state index contributed by atoms with van der Waals surface area (Å²) in [6.07, 6.45) is 1.24. The highest BCUT2D eigenvalue weighted by Crippen LogP contribution is 2.28. The van der Waals surface area contributed by atoms with Gasteiger partial charge in [0.25, 0.3) is 5.91 Å². The summed E-state index contributed by atoms with van der Waals surface area (Å²) in [5, 5.41) is 1.46. The second kappa shape index (κ2) is 6.97. The fraction of sp³-hybridized carbons (Fsp3) is 0.471. The van der Waals surface area contributed by atoms with E-state index in [1.54, 1.807) is 23.1 Å². The summed E-state index contributed by atoms with van der Waals surface area (Å²) in [4.78, 5) is 16.6. The van der Waals surface area contributed by atoms with Crippen LogP contribution in [0.2, 0.25) is 5.02 Å². The van der Waals surface area contributed by atoms with Crippen LogP contribution in [0.15, 0.2) is 22.6 Å². The highest BCUT2D eigenvalue weighted by atomic mass is 35.5. The highest BCUT2D eigenvalue weighted by molar-refractivity contribution is 7.90. The van der Waals surface area contributed by atoms with Crippen LogP contribution in [0.1, 0.15) is 16.1 Å². The third kappa shape index (κ3) is 4.16. The number of sulfone groups is 1. The monoisotopic (exact) mass is 384 g/mol. The fourth-order valence-electron chi connectivity index (χ4n) is 3.01. The molecular formula is C17H21ClN2O4S. The fourth-order valence-corrected chi connectivity index (χ4v) is 3.77. The number of carbonyl (C=O) groups is 1. The predicted molar refractivity (Wildman–Crippen MR) is 98.0 cm³/mol. The van der Waals surface area contributed by atoms with Gasteiger partial charge in [0.2, 0.25) is 0 Å². The molecule has 0 bridgehead atoms. The lowest BCUT2D eigenvalue weighted by atomic mass is 10.1. The van der Waals surface area contributed by atoms with Gasteiger partial charge in [-0.1, -0.05) is 11.6 Å². The molecule has 1 saturated heterocycles. The van der Waals surface area contributed by atoms with Crippen LogP contribution in [-0.4, -0.2) is 68.9 Å². The lowest BCUT2D eigenvalue weighted by Gasteiger charge is -2.34. The molecule has 0 radical (unpaired) electrons. The molecule has 1 aromatic heterocycles. The second-order valence-electron chi connectivity index (χ2n) is 6.46. The molecule has 1 aromatic carbocycles. The Kier molecular flexibility index (Phi) is 5.09. The van der Waals surface area contributed by atoms with Crippen LogP contribution >= 0.6 is 11.6 Å². The number of halogens is 1. The number of carbonyl (C=O) groups excluding carboxylic acids is 1. The Morgan fingerprint density at radius 3 is 2.56 bits per heavy atom. The number of aryl methyl sites for hydroxylation is 1. The maximum Gasteiger partial charge on any atom is 0.289 e. The molecule has 136 valence electrons. The van der Waals surface area contributed by atoms with Crippen molar-refractivity contribution in [3.8, 4) is 0 Å². The number of piperazine rings is 1. The minimum atomic E-state index is -2.97. The Hall–Kier alpha value is -1.57.